The first-order valence-corrected chi connectivity index (χ1v) is 7.12. The molecule has 0 atom stereocenters. The van der Waals surface area contributed by atoms with Crippen LogP contribution in [0.3, 0.4) is 0 Å². The van der Waals surface area contributed by atoms with Gasteiger partial charge in [0.15, 0.2) is 0 Å². The molecule has 0 saturated carbocycles. The van der Waals surface area contributed by atoms with Gasteiger partial charge in [-0.25, -0.2) is 9.59 Å². The maximum atomic E-state index is 11.8. The number of benzene rings is 1. The first kappa shape index (κ1) is 19.4. The Kier molecular flexibility index (Phi) is 8.23. The lowest BCUT2D eigenvalue weighted by molar-refractivity contribution is -0.159. The first-order chi connectivity index (χ1) is 11.4. The van der Waals surface area contributed by atoms with Crippen molar-refractivity contribution in [2.45, 2.75) is 0 Å². The van der Waals surface area contributed by atoms with Gasteiger partial charge in [-0.1, -0.05) is 0 Å². The van der Waals surface area contributed by atoms with Crippen LogP contribution in [0.1, 0.15) is 0 Å². The number of nitrogens with one attached hydrogen (secondary N) is 1. The van der Waals surface area contributed by atoms with E-state index in [4.69, 9.17) is 29.3 Å². The van der Waals surface area contributed by atoms with Crippen molar-refractivity contribution < 1.29 is 34.1 Å². The number of carbonyl (C=O) groups excluding carboxylic acids is 1. The van der Waals surface area contributed by atoms with Crippen molar-refractivity contribution in [3.63, 3.8) is 0 Å². The summed E-state index contributed by atoms with van der Waals surface area (Å²) in [5, 5.41) is 17.6. The monoisotopic (exact) mass is 340 g/mol. The molecule has 2 rings (SSSR count). The molecule has 9 nitrogen and oxygen atoms in total. The van der Waals surface area contributed by atoms with Gasteiger partial charge in [0, 0.05) is 18.8 Å². The van der Waals surface area contributed by atoms with E-state index in [1.807, 2.05) is 24.3 Å². The predicted octanol–water partition coefficient (Wildman–Crippen LogP) is 0.122. The molecule has 1 fully saturated rings. The van der Waals surface area contributed by atoms with Gasteiger partial charge in [-0.15, -0.1) is 0 Å². The van der Waals surface area contributed by atoms with Crippen LogP contribution in [0, 0.1) is 0 Å². The van der Waals surface area contributed by atoms with Gasteiger partial charge in [0.05, 0.1) is 26.9 Å². The molecule has 0 aromatic heterocycles. The predicted molar refractivity (Wildman–Crippen MR) is 84.2 cm³/mol. The third-order valence-electron chi connectivity index (χ3n) is 3.03. The molecule has 0 radical (unpaired) electrons. The Bertz CT molecular complexity index is 541. The summed E-state index contributed by atoms with van der Waals surface area (Å²) in [6, 6.07) is 7.31. The van der Waals surface area contributed by atoms with Crippen LogP contribution in [-0.2, 0) is 19.1 Å². The van der Waals surface area contributed by atoms with Gasteiger partial charge in [0.1, 0.15) is 5.75 Å². The van der Waals surface area contributed by atoms with Crippen LogP contribution in [0.4, 0.5) is 5.69 Å². The second-order valence-corrected chi connectivity index (χ2v) is 4.78. The SMILES string of the molecule is COc1ccc(NC(=O)CN2CCOCC2)cc1.O=C(O)C(=O)O. The number of hydrogen-bond donors (Lipinski definition) is 3. The highest BCUT2D eigenvalue weighted by Gasteiger charge is 2.14. The summed E-state index contributed by atoms with van der Waals surface area (Å²) in [6.07, 6.45) is 0. The lowest BCUT2D eigenvalue weighted by atomic mass is 10.3. The maximum absolute atomic E-state index is 11.8. The highest BCUT2D eigenvalue weighted by molar-refractivity contribution is 6.27. The number of hydrogen-bond acceptors (Lipinski definition) is 6. The van der Waals surface area contributed by atoms with Crippen LogP contribution in [-0.4, -0.2) is 72.9 Å². The van der Waals surface area contributed by atoms with Crippen molar-refractivity contribution >= 4 is 23.5 Å². The molecule has 1 heterocycles. The molecular weight excluding hydrogens is 320 g/mol. The zero-order valence-electron chi connectivity index (χ0n) is 13.2. The number of methoxy groups -OCH3 is 1. The molecule has 3 N–H and O–H groups in total. The number of carboxylic acid groups (broad SMARTS) is 2. The lowest BCUT2D eigenvalue weighted by Gasteiger charge is -2.25. The van der Waals surface area contributed by atoms with Crippen molar-refractivity contribution in [3.05, 3.63) is 24.3 Å². The molecule has 0 bridgehead atoms. The number of amides is 1. The van der Waals surface area contributed by atoms with E-state index in [1.165, 1.54) is 0 Å². The summed E-state index contributed by atoms with van der Waals surface area (Å²) in [5.41, 5.74) is 0.786. The number of rotatable bonds is 4. The fourth-order valence-electron chi connectivity index (χ4n) is 1.84. The summed E-state index contributed by atoms with van der Waals surface area (Å²) >= 11 is 0. The Balaban J connectivity index is 0.000000413. The van der Waals surface area contributed by atoms with E-state index in [2.05, 4.69) is 10.2 Å². The minimum Gasteiger partial charge on any atom is -0.497 e. The summed E-state index contributed by atoms with van der Waals surface area (Å²) in [5.74, 6) is -2.87. The Morgan fingerprint density at radius 1 is 1.12 bits per heavy atom. The van der Waals surface area contributed by atoms with Crippen molar-refractivity contribution in [3.8, 4) is 5.75 Å². The van der Waals surface area contributed by atoms with Crippen LogP contribution in [0.2, 0.25) is 0 Å². The zero-order valence-corrected chi connectivity index (χ0v) is 13.2. The van der Waals surface area contributed by atoms with E-state index in [9.17, 15) is 4.79 Å². The van der Waals surface area contributed by atoms with Gasteiger partial charge >= 0.3 is 11.9 Å². The van der Waals surface area contributed by atoms with Crippen LogP contribution in [0.25, 0.3) is 0 Å². The van der Waals surface area contributed by atoms with E-state index in [-0.39, 0.29) is 5.91 Å². The molecule has 132 valence electrons. The number of ether oxygens (including phenoxy) is 2. The van der Waals surface area contributed by atoms with Gasteiger partial charge in [-0.2, -0.15) is 0 Å². The van der Waals surface area contributed by atoms with Crippen molar-refractivity contribution in [2.24, 2.45) is 0 Å². The van der Waals surface area contributed by atoms with Crippen LogP contribution in [0.5, 0.6) is 5.75 Å². The number of nitrogens with zero attached hydrogens (tertiary/aromatic N) is 1. The lowest BCUT2D eigenvalue weighted by Crippen LogP contribution is -2.41. The number of carboxylic acids is 2. The Morgan fingerprint density at radius 2 is 1.67 bits per heavy atom. The average Bonchev–Trinajstić information content (AvgIpc) is 2.57. The molecule has 1 aliphatic heterocycles. The molecule has 0 aliphatic carbocycles. The third-order valence-corrected chi connectivity index (χ3v) is 3.03. The molecule has 24 heavy (non-hydrogen) atoms. The normalized spacial score (nSPS) is 14.0. The molecule has 1 aromatic carbocycles. The fourth-order valence-corrected chi connectivity index (χ4v) is 1.84. The zero-order chi connectivity index (χ0) is 17.9. The van der Waals surface area contributed by atoms with Crippen LogP contribution >= 0.6 is 0 Å². The molecule has 0 unspecified atom stereocenters. The van der Waals surface area contributed by atoms with Gasteiger partial charge < -0.3 is 25.0 Å². The molecule has 1 aromatic rings. The minimum absolute atomic E-state index is 0.00191. The van der Waals surface area contributed by atoms with Crippen molar-refractivity contribution in [1.29, 1.82) is 0 Å². The standard InChI is InChI=1S/C13H18N2O3.C2H2O4/c1-17-12-4-2-11(3-5-12)14-13(16)10-15-6-8-18-9-7-15;3-1(4)2(5)6/h2-5H,6-10H2,1H3,(H,14,16);(H,3,4)(H,5,6). The number of aliphatic carboxylic acids is 2. The fraction of sp³-hybridized carbons (Fsp3) is 0.400. The van der Waals surface area contributed by atoms with Gasteiger partial charge in [0.25, 0.3) is 0 Å². The molecular formula is C15H20N2O7. The quantitative estimate of drug-likeness (QED) is 0.660. The molecule has 1 aliphatic rings. The van der Waals surface area contributed by atoms with E-state index in [1.54, 1.807) is 7.11 Å². The van der Waals surface area contributed by atoms with Gasteiger partial charge in [-0.3, -0.25) is 9.69 Å². The van der Waals surface area contributed by atoms with Crippen molar-refractivity contribution in [2.75, 3.05) is 45.3 Å². The van der Waals surface area contributed by atoms with E-state index >= 15 is 0 Å². The van der Waals surface area contributed by atoms with E-state index in [0.717, 1.165) is 24.5 Å². The first-order valence-electron chi connectivity index (χ1n) is 7.12. The molecule has 1 amide bonds. The van der Waals surface area contributed by atoms with Gasteiger partial charge in [-0.05, 0) is 24.3 Å². The Morgan fingerprint density at radius 3 is 2.12 bits per heavy atom. The van der Waals surface area contributed by atoms with Gasteiger partial charge in [0.2, 0.25) is 5.91 Å². The summed E-state index contributed by atoms with van der Waals surface area (Å²) in [4.78, 5) is 32.1. The second-order valence-electron chi connectivity index (χ2n) is 4.78. The van der Waals surface area contributed by atoms with E-state index in [0.29, 0.717) is 19.8 Å². The third kappa shape index (κ3) is 7.56. The number of anilines is 1. The molecule has 1 saturated heterocycles. The largest absolute Gasteiger partial charge is 0.497 e. The topological polar surface area (TPSA) is 125 Å². The van der Waals surface area contributed by atoms with Crippen LogP contribution in [0.15, 0.2) is 24.3 Å². The van der Waals surface area contributed by atoms with Crippen molar-refractivity contribution in [1.82, 2.24) is 4.90 Å². The molecule has 9 heteroatoms. The Labute approximate surface area is 138 Å². The summed E-state index contributed by atoms with van der Waals surface area (Å²) in [6.45, 7) is 3.45. The average molecular weight is 340 g/mol. The summed E-state index contributed by atoms with van der Waals surface area (Å²) in [7, 11) is 1.62. The Hall–Kier alpha value is -2.65. The highest BCUT2D eigenvalue weighted by Crippen LogP contribution is 2.14. The maximum Gasteiger partial charge on any atom is 0.414 e. The van der Waals surface area contributed by atoms with Crippen LogP contribution < -0.4 is 10.1 Å². The highest BCUT2D eigenvalue weighted by atomic mass is 16.5. The second kappa shape index (κ2) is 10.2. The number of carbonyl (C=O) groups is 3. The van der Waals surface area contributed by atoms with E-state index < -0.39 is 11.9 Å². The smallest absolute Gasteiger partial charge is 0.414 e. The summed E-state index contributed by atoms with van der Waals surface area (Å²) < 4.78 is 10.3. The number of morpholine rings is 1. The molecule has 0 spiro atoms. The minimum atomic E-state index is -1.82.